The summed E-state index contributed by atoms with van der Waals surface area (Å²) in [4.78, 5) is 0. The van der Waals surface area contributed by atoms with Crippen molar-refractivity contribution in [3.63, 3.8) is 0 Å². The summed E-state index contributed by atoms with van der Waals surface area (Å²) in [7, 11) is 0. The van der Waals surface area contributed by atoms with Crippen molar-refractivity contribution in [2.75, 3.05) is 0 Å². The van der Waals surface area contributed by atoms with E-state index < -0.39 is 0 Å². The Kier molecular flexibility index (Phi) is 6.83. The Morgan fingerprint density at radius 3 is 2.32 bits per heavy atom. The number of nitrogens with two attached hydrogens (primary N) is 1. The van der Waals surface area contributed by atoms with Crippen molar-refractivity contribution >= 4 is 11.6 Å². The minimum Gasteiger partial charge on any atom is -0.271 e. The van der Waals surface area contributed by atoms with Gasteiger partial charge in [-0.3, -0.25) is 16.0 Å². The quantitative estimate of drug-likeness (QED) is 0.571. The van der Waals surface area contributed by atoms with Crippen LogP contribution in [0.2, 0.25) is 5.02 Å². The van der Waals surface area contributed by atoms with E-state index in [9.17, 15) is 0 Å². The summed E-state index contributed by atoms with van der Waals surface area (Å²) in [5.41, 5.74) is 5.05. The molecule has 0 aromatic carbocycles. The predicted octanol–water partition coefficient (Wildman–Crippen LogP) is 2.93. The number of hydrazine groups is 1. The number of halogens is 1. The fraction of sp³-hybridized carbons (Fsp3) is 0.786. The summed E-state index contributed by atoms with van der Waals surface area (Å²) >= 11 is 6.45. The molecule has 110 valence electrons. The van der Waals surface area contributed by atoms with E-state index in [2.05, 4.69) is 38.2 Å². The zero-order valence-electron chi connectivity index (χ0n) is 12.5. The average molecular weight is 287 g/mol. The fourth-order valence-corrected chi connectivity index (χ4v) is 2.99. The van der Waals surface area contributed by atoms with Gasteiger partial charge in [-0.05, 0) is 19.3 Å². The van der Waals surface area contributed by atoms with Crippen LogP contribution in [0.3, 0.4) is 0 Å². The van der Waals surface area contributed by atoms with Gasteiger partial charge in [0, 0.05) is 19.0 Å². The molecule has 0 spiro atoms. The van der Waals surface area contributed by atoms with Gasteiger partial charge < -0.3 is 0 Å². The summed E-state index contributed by atoms with van der Waals surface area (Å²) in [6.45, 7) is 9.42. The zero-order chi connectivity index (χ0) is 14.4. The number of hydrogen-bond acceptors (Lipinski definition) is 3. The number of aromatic nitrogens is 2. The van der Waals surface area contributed by atoms with Crippen LogP contribution in [0.25, 0.3) is 0 Å². The third-order valence-corrected chi connectivity index (χ3v) is 4.38. The van der Waals surface area contributed by atoms with Gasteiger partial charge in [0.25, 0.3) is 0 Å². The molecule has 0 aliphatic rings. The third-order valence-electron chi connectivity index (χ3n) is 3.94. The van der Waals surface area contributed by atoms with Gasteiger partial charge in [-0.25, -0.2) is 0 Å². The van der Waals surface area contributed by atoms with Crippen molar-refractivity contribution in [2.24, 2.45) is 11.8 Å². The molecule has 0 bridgehead atoms. The van der Waals surface area contributed by atoms with Gasteiger partial charge in [0.2, 0.25) is 0 Å². The molecule has 0 saturated heterocycles. The van der Waals surface area contributed by atoms with Crippen LogP contribution >= 0.6 is 11.6 Å². The van der Waals surface area contributed by atoms with Crippen molar-refractivity contribution in [1.29, 1.82) is 0 Å². The van der Waals surface area contributed by atoms with Gasteiger partial charge in [-0.15, -0.1) is 0 Å². The Labute approximate surface area is 121 Å². The molecule has 1 atom stereocenters. The van der Waals surface area contributed by atoms with E-state index >= 15 is 0 Å². The molecule has 4 nitrogen and oxygen atoms in total. The smallest absolute Gasteiger partial charge is 0.0850 e. The molecular formula is C14H27ClN4. The Bertz CT molecular complexity index is 385. The van der Waals surface area contributed by atoms with E-state index in [0.717, 1.165) is 48.6 Å². The molecule has 0 aliphatic heterocycles. The second kappa shape index (κ2) is 7.88. The third kappa shape index (κ3) is 3.71. The highest BCUT2D eigenvalue weighted by Gasteiger charge is 2.22. The Morgan fingerprint density at radius 2 is 1.89 bits per heavy atom. The van der Waals surface area contributed by atoms with E-state index in [-0.39, 0.29) is 6.04 Å². The monoisotopic (exact) mass is 286 g/mol. The number of rotatable bonds is 8. The minimum absolute atomic E-state index is 0.249. The normalized spacial score (nSPS) is 13.2. The van der Waals surface area contributed by atoms with Crippen LogP contribution in [-0.2, 0) is 19.4 Å². The van der Waals surface area contributed by atoms with Crippen LogP contribution in [0.5, 0.6) is 0 Å². The van der Waals surface area contributed by atoms with Gasteiger partial charge in [-0.2, -0.15) is 5.10 Å². The highest BCUT2D eigenvalue weighted by atomic mass is 35.5. The molecule has 5 heteroatoms. The molecule has 1 aromatic heterocycles. The van der Waals surface area contributed by atoms with E-state index in [4.69, 9.17) is 17.4 Å². The molecule has 0 aliphatic carbocycles. The first-order valence-electron chi connectivity index (χ1n) is 7.32. The van der Waals surface area contributed by atoms with E-state index in [1.165, 1.54) is 0 Å². The molecule has 19 heavy (non-hydrogen) atoms. The maximum absolute atomic E-state index is 6.45. The molecule has 0 fully saturated rings. The lowest BCUT2D eigenvalue weighted by molar-refractivity contribution is 0.330. The highest BCUT2D eigenvalue weighted by molar-refractivity contribution is 6.31. The molecule has 1 unspecified atom stereocenters. The second-order valence-electron chi connectivity index (χ2n) is 4.93. The van der Waals surface area contributed by atoms with Crippen molar-refractivity contribution in [3.05, 3.63) is 16.4 Å². The largest absolute Gasteiger partial charge is 0.271 e. The van der Waals surface area contributed by atoms with Crippen LogP contribution in [0.15, 0.2) is 0 Å². The summed E-state index contributed by atoms with van der Waals surface area (Å²) in [5.74, 6) is 6.29. The van der Waals surface area contributed by atoms with E-state index in [1.54, 1.807) is 0 Å². The van der Waals surface area contributed by atoms with Crippen LogP contribution in [0.4, 0.5) is 0 Å². The van der Waals surface area contributed by atoms with Crippen LogP contribution in [-0.4, -0.2) is 15.8 Å². The van der Waals surface area contributed by atoms with E-state index in [0.29, 0.717) is 5.92 Å². The Morgan fingerprint density at radius 1 is 1.26 bits per heavy atom. The van der Waals surface area contributed by atoms with Crippen molar-refractivity contribution < 1.29 is 0 Å². The number of aryl methyl sites for hydroxylation is 2. The van der Waals surface area contributed by atoms with Gasteiger partial charge >= 0.3 is 0 Å². The van der Waals surface area contributed by atoms with Gasteiger partial charge in [0.15, 0.2) is 0 Å². The summed E-state index contributed by atoms with van der Waals surface area (Å²) < 4.78 is 2.01. The minimum atomic E-state index is 0.249. The molecule has 0 radical (unpaired) electrons. The molecule has 3 N–H and O–H groups in total. The second-order valence-corrected chi connectivity index (χ2v) is 5.31. The Hall–Kier alpha value is -0.580. The lowest BCUT2D eigenvalue weighted by Gasteiger charge is -2.24. The summed E-state index contributed by atoms with van der Waals surface area (Å²) in [6, 6.07) is 0.249. The number of nitrogens with one attached hydrogen (secondary N) is 1. The highest BCUT2D eigenvalue weighted by Crippen LogP contribution is 2.25. The van der Waals surface area contributed by atoms with Crippen LogP contribution in [0, 0.1) is 5.92 Å². The van der Waals surface area contributed by atoms with Crippen LogP contribution in [0.1, 0.15) is 51.9 Å². The molecule has 1 rings (SSSR count). The fourth-order valence-electron chi connectivity index (χ4n) is 2.64. The van der Waals surface area contributed by atoms with Gasteiger partial charge in [-0.1, -0.05) is 45.2 Å². The SMILES string of the molecule is CCc1nn(CC)c(CC(NN)C(CC)CC)c1Cl. The lowest BCUT2D eigenvalue weighted by Crippen LogP contribution is -2.42. The first-order chi connectivity index (χ1) is 9.12. The molecule has 0 saturated carbocycles. The maximum Gasteiger partial charge on any atom is 0.0850 e. The Balaban J connectivity index is 2.98. The lowest BCUT2D eigenvalue weighted by atomic mass is 9.91. The maximum atomic E-state index is 6.45. The van der Waals surface area contributed by atoms with Crippen molar-refractivity contribution in [3.8, 4) is 0 Å². The molecule has 1 heterocycles. The first kappa shape index (κ1) is 16.5. The van der Waals surface area contributed by atoms with Crippen molar-refractivity contribution in [1.82, 2.24) is 15.2 Å². The zero-order valence-corrected chi connectivity index (χ0v) is 13.3. The molecule has 1 aromatic rings. The number of nitrogens with zero attached hydrogens (tertiary/aromatic N) is 2. The molecule has 0 amide bonds. The standard InChI is InChI=1S/C14H27ClN4/c1-5-10(6-2)12(17-16)9-13-14(15)11(7-3)18-19(13)8-4/h10,12,17H,5-9,16H2,1-4H3. The average Bonchev–Trinajstić information content (AvgIpc) is 2.74. The summed E-state index contributed by atoms with van der Waals surface area (Å²) in [6.07, 6.45) is 3.93. The first-order valence-corrected chi connectivity index (χ1v) is 7.70. The summed E-state index contributed by atoms with van der Waals surface area (Å²) in [5, 5.41) is 5.38. The topological polar surface area (TPSA) is 55.9 Å². The number of hydrogen-bond donors (Lipinski definition) is 2. The van der Waals surface area contributed by atoms with Gasteiger partial charge in [0.1, 0.15) is 0 Å². The predicted molar refractivity (Wildman–Crippen MR) is 81.2 cm³/mol. The molecular weight excluding hydrogens is 260 g/mol. The van der Waals surface area contributed by atoms with Crippen molar-refractivity contribution in [2.45, 2.75) is 66.0 Å². The van der Waals surface area contributed by atoms with Gasteiger partial charge in [0.05, 0.1) is 16.4 Å². The van der Waals surface area contributed by atoms with E-state index in [1.807, 2.05) is 4.68 Å². The van der Waals surface area contributed by atoms with Crippen LogP contribution < -0.4 is 11.3 Å².